The summed E-state index contributed by atoms with van der Waals surface area (Å²) in [6.45, 7) is 5.44. The monoisotopic (exact) mass is 294 g/mol. The average molecular weight is 295 g/mol. The van der Waals surface area contributed by atoms with Crippen LogP contribution in [0, 0.1) is 0 Å². The van der Waals surface area contributed by atoms with Crippen molar-refractivity contribution in [3.63, 3.8) is 0 Å². The Hall–Kier alpha value is -1.26. The van der Waals surface area contributed by atoms with Gasteiger partial charge in [-0.25, -0.2) is 4.79 Å². The van der Waals surface area contributed by atoms with E-state index in [0.29, 0.717) is 17.1 Å². The van der Waals surface area contributed by atoms with E-state index in [0.717, 1.165) is 18.8 Å². The molecule has 108 valence electrons. The summed E-state index contributed by atoms with van der Waals surface area (Å²) in [5.41, 5.74) is 1.20. The molecule has 0 radical (unpaired) electrons. The van der Waals surface area contributed by atoms with Crippen LogP contribution in [0.1, 0.15) is 30.1 Å². The van der Waals surface area contributed by atoms with Gasteiger partial charge in [0.05, 0.1) is 16.3 Å². The smallest absolute Gasteiger partial charge is 0.335 e. The van der Waals surface area contributed by atoms with Crippen LogP contribution in [0.25, 0.3) is 0 Å². The maximum absolute atomic E-state index is 11.0. The molecular formula is C15H19ClN2O2. The Kier molecular flexibility index (Phi) is 3.61. The van der Waals surface area contributed by atoms with Gasteiger partial charge in [-0.05, 0) is 44.5 Å². The topological polar surface area (TPSA) is 43.8 Å². The first-order valence-corrected chi connectivity index (χ1v) is 7.47. The van der Waals surface area contributed by atoms with Crippen molar-refractivity contribution in [1.29, 1.82) is 0 Å². The van der Waals surface area contributed by atoms with Crippen LogP contribution >= 0.6 is 11.6 Å². The summed E-state index contributed by atoms with van der Waals surface area (Å²) in [5.74, 6) is -0.938. The SMILES string of the molecule is CC1CN2CCCC2CN1c1ccc(C(=O)O)cc1Cl. The van der Waals surface area contributed by atoms with E-state index >= 15 is 0 Å². The molecule has 0 saturated carbocycles. The Balaban J connectivity index is 1.86. The van der Waals surface area contributed by atoms with Gasteiger partial charge in [-0.3, -0.25) is 4.90 Å². The van der Waals surface area contributed by atoms with E-state index in [-0.39, 0.29) is 5.56 Å². The van der Waals surface area contributed by atoms with Gasteiger partial charge in [0.25, 0.3) is 0 Å². The van der Waals surface area contributed by atoms with Crippen LogP contribution in [-0.2, 0) is 0 Å². The predicted molar refractivity (Wildman–Crippen MR) is 79.8 cm³/mol. The molecule has 0 spiro atoms. The lowest BCUT2D eigenvalue weighted by Crippen LogP contribution is -2.55. The van der Waals surface area contributed by atoms with E-state index in [1.807, 2.05) is 6.07 Å². The number of carboxylic acids is 1. The van der Waals surface area contributed by atoms with Crippen LogP contribution in [-0.4, -0.2) is 47.7 Å². The van der Waals surface area contributed by atoms with Crippen LogP contribution in [0.4, 0.5) is 5.69 Å². The zero-order chi connectivity index (χ0) is 14.3. The van der Waals surface area contributed by atoms with Gasteiger partial charge in [0.15, 0.2) is 0 Å². The Bertz CT molecular complexity index is 535. The number of hydrogen-bond donors (Lipinski definition) is 1. The highest BCUT2D eigenvalue weighted by atomic mass is 35.5. The number of nitrogens with zero attached hydrogens (tertiary/aromatic N) is 2. The summed E-state index contributed by atoms with van der Waals surface area (Å²) in [6.07, 6.45) is 2.52. The van der Waals surface area contributed by atoms with Crippen molar-refractivity contribution in [2.75, 3.05) is 24.5 Å². The molecule has 5 heteroatoms. The predicted octanol–water partition coefficient (Wildman–Crippen LogP) is 2.71. The van der Waals surface area contributed by atoms with Crippen LogP contribution in [0.3, 0.4) is 0 Å². The van der Waals surface area contributed by atoms with Gasteiger partial charge < -0.3 is 10.0 Å². The Morgan fingerprint density at radius 2 is 2.20 bits per heavy atom. The Morgan fingerprint density at radius 1 is 1.40 bits per heavy atom. The maximum atomic E-state index is 11.0. The highest BCUT2D eigenvalue weighted by Gasteiger charge is 2.35. The van der Waals surface area contributed by atoms with Crippen molar-refractivity contribution in [3.05, 3.63) is 28.8 Å². The molecule has 2 heterocycles. The van der Waals surface area contributed by atoms with E-state index in [9.17, 15) is 4.79 Å². The molecule has 0 aliphatic carbocycles. The van der Waals surface area contributed by atoms with Crippen LogP contribution < -0.4 is 4.90 Å². The van der Waals surface area contributed by atoms with Gasteiger partial charge in [-0.1, -0.05) is 11.6 Å². The summed E-state index contributed by atoms with van der Waals surface area (Å²) in [5, 5.41) is 9.54. The number of fused-ring (bicyclic) bond motifs is 1. The van der Waals surface area contributed by atoms with Gasteiger partial charge >= 0.3 is 5.97 Å². The second-order valence-electron chi connectivity index (χ2n) is 5.76. The van der Waals surface area contributed by atoms with Gasteiger partial charge in [0, 0.05) is 25.2 Å². The standard InChI is InChI=1S/C15H19ClN2O2/c1-10-8-17-6-2-3-12(17)9-18(10)14-5-4-11(15(19)20)7-13(14)16/h4-5,7,10,12H,2-3,6,8-9H2,1H3,(H,19,20). The Morgan fingerprint density at radius 3 is 2.90 bits per heavy atom. The molecule has 0 aromatic heterocycles. The van der Waals surface area contributed by atoms with Crippen LogP contribution in [0.15, 0.2) is 18.2 Å². The molecule has 3 rings (SSSR count). The van der Waals surface area contributed by atoms with Gasteiger partial charge in [0.2, 0.25) is 0 Å². The maximum Gasteiger partial charge on any atom is 0.335 e. The molecule has 2 fully saturated rings. The van der Waals surface area contributed by atoms with Gasteiger partial charge in [0.1, 0.15) is 0 Å². The summed E-state index contributed by atoms with van der Waals surface area (Å²) in [6, 6.07) is 6.04. The van der Waals surface area contributed by atoms with Crippen molar-refractivity contribution < 1.29 is 9.90 Å². The van der Waals surface area contributed by atoms with Crippen LogP contribution in [0.2, 0.25) is 5.02 Å². The molecule has 1 aromatic rings. The highest BCUT2D eigenvalue weighted by molar-refractivity contribution is 6.33. The summed E-state index contributed by atoms with van der Waals surface area (Å²) in [4.78, 5) is 15.9. The number of benzene rings is 1. The molecular weight excluding hydrogens is 276 g/mol. The zero-order valence-electron chi connectivity index (χ0n) is 11.6. The minimum atomic E-state index is -0.938. The molecule has 0 bridgehead atoms. The molecule has 4 nitrogen and oxygen atoms in total. The first-order valence-electron chi connectivity index (χ1n) is 7.10. The van der Waals surface area contributed by atoms with Gasteiger partial charge in [-0.15, -0.1) is 0 Å². The molecule has 20 heavy (non-hydrogen) atoms. The lowest BCUT2D eigenvalue weighted by molar-refractivity contribution is 0.0697. The second kappa shape index (κ2) is 5.26. The van der Waals surface area contributed by atoms with Crippen LogP contribution in [0.5, 0.6) is 0 Å². The number of carboxylic acid groups (broad SMARTS) is 1. The molecule has 2 aliphatic rings. The number of halogens is 1. The third kappa shape index (κ3) is 2.38. The molecule has 2 saturated heterocycles. The van der Waals surface area contributed by atoms with Crippen molar-refractivity contribution in [1.82, 2.24) is 4.90 Å². The quantitative estimate of drug-likeness (QED) is 0.911. The number of piperazine rings is 1. The number of rotatable bonds is 2. The fourth-order valence-corrected chi connectivity index (χ4v) is 3.68. The average Bonchev–Trinajstić information content (AvgIpc) is 2.84. The summed E-state index contributed by atoms with van der Waals surface area (Å²) in [7, 11) is 0. The van der Waals surface area contributed by atoms with Crippen molar-refractivity contribution in [2.45, 2.75) is 31.8 Å². The van der Waals surface area contributed by atoms with Crippen molar-refractivity contribution in [3.8, 4) is 0 Å². The van der Waals surface area contributed by atoms with E-state index in [1.165, 1.54) is 19.4 Å². The number of hydrogen-bond acceptors (Lipinski definition) is 3. The zero-order valence-corrected chi connectivity index (χ0v) is 12.3. The number of anilines is 1. The lowest BCUT2D eigenvalue weighted by Gasteiger charge is -2.44. The minimum Gasteiger partial charge on any atom is -0.478 e. The fraction of sp³-hybridized carbons (Fsp3) is 0.533. The Labute approximate surface area is 123 Å². The van der Waals surface area contributed by atoms with E-state index < -0.39 is 5.97 Å². The fourth-order valence-electron chi connectivity index (χ4n) is 3.40. The van der Waals surface area contributed by atoms with Crippen molar-refractivity contribution in [2.24, 2.45) is 0 Å². The summed E-state index contributed by atoms with van der Waals surface area (Å²) < 4.78 is 0. The normalized spacial score (nSPS) is 26.6. The van der Waals surface area contributed by atoms with E-state index in [2.05, 4.69) is 16.7 Å². The molecule has 2 aliphatic heterocycles. The number of aromatic carboxylic acids is 1. The highest BCUT2D eigenvalue weighted by Crippen LogP contribution is 2.33. The molecule has 1 aromatic carbocycles. The molecule has 2 unspecified atom stereocenters. The van der Waals surface area contributed by atoms with E-state index in [4.69, 9.17) is 16.7 Å². The summed E-state index contributed by atoms with van der Waals surface area (Å²) >= 11 is 6.30. The third-order valence-electron chi connectivity index (χ3n) is 4.44. The molecule has 2 atom stereocenters. The largest absolute Gasteiger partial charge is 0.478 e. The number of carbonyl (C=O) groups is 1. The first-order chi connectivity index (χ1) is 9.56. The molecule has 1 N–H and O–H groups in total. The lowest BCUT2D eigenvalue weighted by atomic mass is 10.1. The van der Waals surface area contributed by atoms with E-state index in [1.54, 1.807) is 12.1 Å². The molecule has 0 amide bonds. The minimum absolute atomic E-state index is 0.242. The first kappa shape index (κ1) is 13.7. The second-order valence-corrected chi connectivity index (χ2v) is 6.17. The van der Waals surface area contributed by atoms with Crippen molar-refractivity contribution >= 4 is 23.3 Å². The third-order valence-corrected chi connectivity index (χ3v) is 4.74. The van der Waals surface area contributed by atoms with Gasteiger partial charge in [-0.2, -0.15) is 0 Å².